The van der Waals surface area contributed by atoms with Crippen molar-refractivity contribution >= 4 is 17.1 Å². The van der Waals surface area contributed by atoms with Crippen LogP contribution in [-0.4, -0.2) is 9.78 Å². The molecule has 0 aliphatic rings. The van der Waals surface area contributed by atoms with Gasteiger partial charge in [0.25, 0.3) is 0 Å². The molecule has 0 aliphatic heterocycles. The van der Waals surface area contributed by atoms with Crippen LogP contribution in [0.25, 0.3) is 17.1 Å². The van der Waals surface area contributed by atoms with Crippen LogP contribution in [0.5, 0.6) is 0 Å². The molecule has 2 rings (SSSR count). The predicted molar refractivity (Wildman–Crippen MR) is 52.4 cm³/mol. The van der Waals surface area contributed by atoms with Crippen molar-refractivity contribution in [2.75, 3.05) is 0 Å². The second-order valence-electron chi connectivity index (χ2n) is 2.65. The molecule has 0 atom stereocenters. The summed E-state index contributed by atoms with van der Waals surface area (Å²) in [5.41, 5.74) is 0.721. The summed E-state index contributed by atoms with van der Waals surface area (Å²) >= 11 is 0. The molecule has 1 aromatic carbocycles. The van der Waals surface area contributed by atoms with Gasteiger partial charge in [-0.3, -0.25) is 4.79 Å². The number of para-hydroxylation sites is 1. The number of nitrogens with zero attached hydrogens (tertiary/aromatic N) is 2. The Morgan fingerprint density at radius 2 is 2.15 bits per heavy atom. The van der Waals surface area contributed by atoms with Gasteiger partial charge in [0.15, 0.2) is 0 Å². The van der Waals surface area contributed by atoms with Crippen LogP contribution in [0.15, 0.2) is 41.8 Å². The Hall–Kier alpha value is -1.90. The van der Waals surface area contributed by atoms with Crippen LogP contribution in [0.3, 0.4) is 0 Å². The molecule has 0 unspecified atom stereocenters. The number of aromatic nitrogens is 2. The van der Waals surface area contributed by atoms with E-state index in [2.05, 4.69) is 11.7 Å². The molecule has 0 fully saturated rings. The first-order chi connectivity index (χ1) is 6.33. The number of rotatable bonds is 1. The van der Waals surface area contributed by atoms with Gasteiger partial charge in [-0.1, -0.05) is 18.7 Å². The molecule has 13 heavy (non-hydrogen) atoms. The van der Waals surface area contributed by atoms with Crippen molar-refractivity contribution in [3.63, 3.8) is 0 Å². The van der Waals surface area contributed by atoms with Gasteiger partial charge in [0.05, 0.1) is 11.7 Å². The average Bonchev–Trinajstić information content (AvgIpc) is 2.19. The standard InChI is InChI=1S/C10H8N2O/c1-2-12-9-6-4-3-5-8(9)10(13)7-11-12/h2-7H,1H2. The van der Waals surface area contributed by atoms with E-state index in [1.165, 1.54) is 6.20 Å². The Kier molecular flexibility index (Phi) is 1.70. The highest BCUT2D eigenvalue weighted by Crippen LogP contribution is 2.06. The van der Waals surface area contributed by atoms with Gasteiger partial charge in [0.2, 0.25) is 5.43 Å². The van der Waals surface area contributed by atoms with Gasteiger partial charge in [-0.25, -0.2) is 4.68 Å². The predicted octanol–water partition coefficient (Wildman–Crippen LogP) is 1.50. The normalized spacial score (nSPS) is 10.2. The number of benzene rings is 1. The summed E-state index contributed by atoms with van der Waals surface area (Å²) in [6, 6.07) is 7.31. The zero-order valence-electron chi connectivity index (χ0n) is 6.97. The maximum Gasteiger partial charge on any atom is 0.207 e. The average molecular weight is 172 g/mol. The van der Waals surface area contributed by atoms with Gasteiger partial charge in [-0.15, -0.1) is 0 Å². The molecule has 0 saturated heterocycles. The zero-order valence-corrected chi connectivity index (χ0v) is 6.97. The Balaban J connectivity index is 3.01. The quantitative estimate of drug-likeness (QED) is 0.653. The SMILES string of the molecule is C=Cn1ncc(=O)c2ccccc21. The van der Waals surface area contributed by atoms with Crippen LogP contribution in [0, 0.1) is 0 Å². The molecule has 0 radical (unpaired) electrons. The monoisotopic (exact) mass is 172 g/mol. The van der Waals surface area contributed by atoms with Crippen molar-refractivity contribution in [2.24, 2.45) is 0 Å². The first-order valence-electron chi connectivity index (χ1n) is 3.92. The Bertz CT molecular complexity index is 514. The van der Waals surface area contributed by atoms with Crippen LogP contribution in [0.2, 0.25) is 0 Å². The highest BCUT2D eigenvalue weighted by molar-refractivity contribution is 5.79. The smallest absolute Gasteiger partial charge is 0.207 e. The van der Waals surface area contributed by atoms with Gasteiger partial charge >= 0.3 is 0 Å². The van der Waals surface area contributed by atoms with Gasteiger partial charge in [-0.05, 0) is 12.1 Å². The molecule has 3 nitrogen and oxygen atoms in total. The van der Waals surface area contributed by atoms with Crippen LogP contribution in [0.1, 0.15) is 0 Å². The summed E-state index contributed by atoms with van der Waals surface area (Å²) < 4.78 is 1.58. The van der Waals surface area contributed by atoms with E-state index in [4.69, 9.17) is 0 Å². The van der Waals surface area contributed by atoms with E-state index in [1.54, 1.807) is 16.9 Å². The summed E-state index contributed by atoms with van der Waals surface area (Å²) in [6.45, 7) is 3.61. The minimum absolute atomic E-state index is 0.0614. The number of fused-ring (bicyclic) bond motifs is 1. The van der Waals surface area contributed by atoms with Gasteiger partial charge < -0.3 is 0 Å². The Morgan fingerprint density at radius 3 is 2.92 bits per heavy atom. The summed E-state index contributed by atoms with van der Waals surface area (Å²) in [5, 5.41) is 4.58. The van der Waals surface area contributed by atoms with E-state index < -0.39 is 0 Å². The molecule has 1 aromatic heterocycles. The maximum absolute atomic E-state index is 11.3. The minimum Gasteiger partial charge on any atom is -0.287 e. The minimum atomic E-state index is -0.0614. The van der Waals surface area contributed by atoms with Crippen molar-refractivity contribution < 1.29 is 0 Å². The fraction of sp³-hybridized carbons (Fsp3) is 0. The summed E-state index contributed by atoms with van der Waals surface area (Å²) in [7, 11) is 0. The first-order valence-corrected chi connectivity index (χ1v) is 3.92. The van der Waals surface area contributed by atoms with E-state index in [-0.39, 0.29) is 5.43 Å². The fourth-order valence-corrected chi connectivity index (χ4v) is 1.27. The lowest BCUT2D eigenvalue weighted by Gasteiger charge is -2.01. The second-order valence-corrected chi connectivity index (χ2v) is 2.65. The Labute approximate surface area is 74.9 Å². The molecule has 1 heterocycles. The van der Waals surface area contributed by atoms with Crippen molar-refractivity contribution in [1.82, 2.24) is 9.78 Å². The third-order valence-corrected chi connectivity index (χ3v) is 1.89. The fourth-order valence-electron chi connectivity index (χ4n) is 1.27. The van der Waals surface area contributed by atoms with Crippen molar-refractivity contribution in [3.05, 3.63) is 47.3 Å². The maximum atomic E-state index is 11.3. The third-order valence-electron chi connectivity index (χ3n) is 1.89. The second kappa shape index (κ2) is 2.86. The van der Waals surface area contributed by atoms with Crippen LogP contribution in [-0.2, 0) is 0 Å². The van der Waals surface area contributed by atoms with Crippen LogP contribution < -0.4 is 5.43 Å². The molecular formula is C10H8N2O. The first kappa shape index (κ1) is 7.73. The largest absolute Gasteiger partial charge is 0.287 e. The van der Waals surface area contributed by atoms with Gasteiger partial charge in [0, 0.05) is 11.6 Å². The van der Waals surface area contributed by atoms with Crippen molar-refractivity contribution in [2.45, 2.75) is 0 Å². The lowest BCUT2D eigenvalue weighted by Crippen LogP contribution is -2.07. The van der Waals surface area contributed by atoms with Crippen LogP contribution >= 0.6 is 0 Å². The molecule has 2 aromatic rings. The molecule has 0 bridgehead atoms. The Morgan fingerprint density at radius 1 is 1.38 bits per heavy atom. The molecule has 64 valence electrons. The molecule has 0 aliphatic carbocycles. The molecule has 0 N–H and O–H groups in total. The lowest BCUT2D eigenvalue weighted by atomic mass is 10.2. The van der Waals surface area contributed by atoms with E-state index in [9.17, 15) is 4.79 Å². The van der Waals surface area contributed by atoms with E-state index in [0.29, 0.717) is 5.39 Å². The molecular weight excluding hydrogens is 164 g/mol. The third kappa shape index (κ3) is 1.14. The van der Waals surface area contributed by atoms with Crippen molar-refractivity contribution in [1.29, 1.82) is 0 Å². The highest BCUT2D eigenvalue weighted by atomic mass is 16.1. The highest BCUT2D eigenvalue weighted by Gasteiger charge is 1.99. The van der Waals surface area contributed by atoms with Gasteiger partial charge in [0.1, 0.15) is 0 Å². The van der Waals surface area contributed by atoms with E-state index in [0.717, 1.165) is 5.52 Å². The summed E-state index contributed by atoms with van der Waals surface area (Å²) in [4.78, 5) is 11.3. The van der Waals surface area contributed by atoms with Gasteiger partial charge in [-0.2, -0.15) is 5.10 Å². The number of hydrogen-bond donors (Lipinski definition) is 0. The van der Waals surface area contributed by atoms with Crippen LogP contribution in [0.4, 0.5) is 0 Å². The van der Waals surface area contributed by atoms with E-state index in [1.807, 2.05) is 18.2 Å². The topological polar surface area (TPSA) is 34.9 Å². The molecule has 0 spiro atoms. The molecule has 3 heteroatoms. The number of hydrogen-bond acceptors (Lipinski definition) is 2. The summed E-state index contributed by atoms with van der Waals surface area (Å²) in [5.74, 6) is 0. The summed E-state index contributed by atoms with van der Waals surface area (Å²) in [6.07, 6.45) is 2.87. The zero-order chi connectivity index (χ0) is 9.26. The van der Waals surface area contributed by atoms with Crippen molar-refractivity contribution in [3.8, 4) is 0 Å². The lowest BCUT2D eigenvalue weighted by molar-refractivity contribution is 0.930. The molecule has 0 saturated carbocycles. The van der Waals surface area contributed by atoms with E-state index >= 15 is 0 Å². The molecule has 0 amide bonds.